The van der Waals surface area contributed by atoms with Gasteiger partial charge in [-0.25, -0.2) is 4.39 Å². The van der Waals surface area contributed by atoms with Gasteiger partial charge >= 0.3 is 7.12 Å². The zero-order valence-electron chi connectivity index (χ0n) is 11.8. The summed E-state index contributed by atoms with van der Waals surface area (Å²) in [6, 6.07) is 4.11. The molecule has 0 amide bonds. The Hall–Kier alpha value is -0.945. The molecule has 1 atom stereocenters. The number of halogens is 1. The second kappa shape index (κ2) is 7.17. The lowest BCUT2D eigenvalue weighted by atomic mass is 9.77. The monoisotopic (exact) mass is 281 g/mol. The summed E-state index contributed by atoms with van der Waals surface area (Å²) in [6.45, 7) is 2.14. The maximum atomic E-state index is 13.2. The van der Waals surface area contributed by atoms with Crippen molar-refractivity contribution in [2.24, 2.45) is 0 Å². The molecule has 0 saturated carbocycles. The Bertz CT molecular complexity index is 438. The van der Waals surface area contributed by atoms with Crippen LogP contribution in [0.5, 0.6) is 0 Å². The lowest BCUT2D eigenvalue weighted by Gasteiger charge is -2.27. The van der Waals surface area contributed by atoms with Crippen molar-refractivity contribution in [1.29, 1.82) is 0 Å². The van der Waals surface area contributed by atoms with Crippen LogP contribution in [-0.4, -0.2) is 48.4 Å². The fraction of sp³-hybridized carbons (Fsp3) is 0.571. The van der Waals surface area contributed by atoms with Crippen molar-refractivity contribution in [1.82, 2.24) is 4.90 Å². The van der Waals surface area contributed by atoms with Crippen molar-refractivity contribution in [2.75, 3.05) is 20.2 Å². The predicted octanol–water partition coefficient (Wildman–Crippen LogP) is 0.506. The van der Waals surface area contributed by atoms with E-state index in [1.54, 1.807) is 6.07 Å². The standard InChI is InChI=1S/C14H21BFNO3/c1-17(10-13-4-2-3-7-20-13)9-11-5-6-12(16)8-14(11)15(18)19/h5-6,8,13,18-19H,2-4,7,9-10H2,1H3. The number of nitrogens with zero attached hydrogens (tertiary/aromatic N) is 1. The molecule has 0 radical (unpaired) electrons. The first-order valence-electron chi connectivity index (χ1n) is 7.01. The van der Waals surface area contributed by atoms with Crippen LogP contribution in [-0.2, 0) is 11.3 Å². The summed E-state index contributed by atoms with van der Waals surface area (Å²) < 4.78 is 18.8. The van der Waals surface area contributed by atoms with Crippen LogP contribution < -0.4 is 5.46 Å². The van der Waals surface area contributed by atoms with Crippen LogP contribution in [0.1, 0.15) is 24.8 Å². The molecule has 0 aliphatic carbocycles. The molecule has 6 heteroatoms. The summed E-state index contributed by atoms with van der Waals surface area (Å²) in [5.41, 5.74) is 0.945. The highest BCUT2D eigenvalue weighted by molar-refractivity contribution is 6.59. The molecule has 20 heavy (non-hydrogen) atoms. The molecule has 1 aromatic carbocycles. The molecule has 1 aromatic rings. The van der Waals surface area contributed by atoms with Gasteiger partial charge in [0.1, 0.15) is 5.82 Å². The van der Waals surface area contributed by atoms with Gasteiger partial charge in [0.05, 0.1) is 6.10 Å². The third kappa shape index (κ3) is 4.28. The molecular weight excluding hydrogens is 260 g/mol. The van der Waals surface area contributed by atoms with E-state index in [1.807, 2.05) is 7.05 Å². The molecule has 1 heterocycles. The summed E-state index contributed by atoms with van der Waals surface area (Å²) in [5, 5.41) is 18.6. The van der Waals surface area contributed by atoms with Gasteiger partial charge in [0.2, 0.25) is 0 Å². The van der Waals surface area contributed by atoms with Gasteiger partial charge in [-0.15, -0.1) is 0 Å². The minimum atomic E-state index is -1.65. The van der Waals surface area contributed by atoms with E-state index in [1.165, 1.54) is 18.6 Å². The summed E-state index contributed by atoms with van der Waals surface area (Å²) in [5.74, 6) is -0.463. The lowest BCUT2D eigenvalue weighted by molar-refractivity contribution is -0.00256. The third-order valence-electron chi connectivity index (χ3n) is 3.62. The van der Waals surface area contributed by atoms with Gasteiger partial charge in [-0.3, -0.25) is 4.90 Å². The predicted molar refractivity (Wildman–Crippen MR) is 76.2 cm³/mol. The first kappa shape index (κ1) is 15.4. The smallest absolute Gasteiger partial charge is 0.423 e. The van der Waals surface area contributed by atoms with Crippen molar-refractivity contribution in [3.63, 3.8) is 0 Å². The van der Waals surface area contributed by atoms with Gasteiger partial charge in [-0.05, 0) is 49.5 Å². The Morgan fingerprint density at radius 2 is 2.20 bits per heavy atom. The second-order valence-electron chi connectivity index (χ2n) is 5.40. The van der Waals surface area contributed by atoms with Gasteiger partial charge in [-0.1, -0.05) is 6.07 Å². The molecule has 110 valence electrons. The summed E-state index contributed by atoms with van der Waals surface area (Å²) >= 11 is 0. The topological polar surface area (TPSA) is 52.9 Å². The molecule has 1 fully saturated rings. The SMILES string of the molecule is CN(Cc1ccc(F)cc1B(O)O)CC1CCCCO1. The molecule has 0 spiro atoms. The van der Waals surface area contributed by atoms with Gasteiger partial charge in [0.15, 0.2) is 0 Å². The first-order valence-corrected chi connectivity index (χ1v) is 7.01. The average Bonchev–Trinajstić information content (AvgIpc) is 2.41. The summed E-state index contributed by atoms with van der Waals surface area (Å²) in [4.78, 5) is 2.06. The second-order valence-corrected chi connectivity index (χ2v) is 5.40. The molecular formula is C14H21BFNO3. The van der Waals surface area contributed by atoms with E-state index >= 15 is 0 Å². The fourth-order valence-electron chi connectivity index (χ4n) is 2.60. The number of likely N-dealkylation sites (N-methyl/N-ethyl adjacent to an activating group) is 1. The lowest BCUT2D eigenvalue weighted by Crippen LogP contribution is -2.38. The van der Waals surface area contributed by atoms with Crippen molar-refractivity contribution in [3.8, 4) is 0 Å². The highest BCUT2D eigenvalue weighted by atomic mass is 19.1. The molecule has 1 aliphatic heterocycles. The van der Waals surface area contributed by atoms with Crippen LogP contribution in [0.4, 0.5) is 4.39 Å². The molecule has 1 unspecified atom stereocenters. The molecule has 1 saturated heterocycles. The van der Waals surface area contributed by atoms with E-state index in [9.17, 15) is 14.4 Å². The summed E-state index contributed by atoms with van der Waals surface area (Å²) in [7, 11) is 0.300. The highest BCUT2D eigenvalue weighted by Gasteiger charge is 2.20. The van der Waals surface area contributed by atoms with Crippen molar-refractivity contribution in [3.05, 3.63) is 29.6 Å². The minimum absolute atomic E-state index is 0.224. The first-order chi connectivity index (χ1) is 9.56. The molecule has 4 nitrogen and oxygen atoms in total. The maximum Gasteiger partial charge on any atom is 0.488 e. The van der Waals surface area contributed by atoms with E-state index in [2.05, 4.69) is 4.90 Å². The number of ether oxygens (including phenoxy) is 1. The Morgan fingerprint density at radius 3 is 2.85 bits per heavy atom. The molecule has 2 rings (SSSR count). The van der Waals surface area contributed by atoms with Crippen molar-refractivity contribution in [2.45, 2.75) is 31.9 Å². The Labute approximate surface area is 119 Å². The van der Waals surface area contributed by atoms with Crippen molar-refractivity contribution >= 4 is 12.6 Å². The van der Waals surface area contributed by atoms with Crippen LogP contribution in [0.2, 0.25) is 0 Å². The number of hydrogen-bond donors (Lipinski definition) is 2. The Kier molecular flexibility index (Phi) is 5.54. The number of rotatable bonds is 5. The van der Waals surface area contributed by atoms with Gasteiger partial charge in [0.25, 0.3) is 0 Å². The quantitative estimate of drug-likeness (QED) is 0.772. The third-order valence-corrected chi connectivity index (χ3v) is 3.62. The number of hydrogen-bond acceptors (Lipinski definition) is 4. The van der Waals surface area contributed by atoms with E-state index in [4.69, 9.17) is 4.74 Å². The van der Waals surface area contributed by atoms with Crippen LogP contribution in [0.25, 0.3) is 0 Å². The van der Waals surface area contributed by atoms with Crippen LogP contribution in [0.15, 0.2) is 18.2 Å². The molecule has 0 aromatic heterocycles. The van der Waals surface area contributed by atoms with Crippen LogP contribution in [0.3, 0.4) is 0 Å². The average molecular weight is 281 g/mol. The Balaban J connectivity index is 1.97. The van der Waals surface area contributed by atoms with E-state index in [0.29, 0.717) is 6.54 Å². The van der Waals surface area contributed by atoms with Crippen LogP contribution in [0, 0.1) is 5.82 Å². The van der Waals surface area contributed by atoms with Gasteiger partial charge in [0, 0.05) is 19.7 Å². The summed E-state index contributed by atoms with van der Waals surface area (Å²) in [6.07, 6.45) is 3.61. The van der Waals surface area contributed by atoms with Gasteiger partial charge in [-0.2, -0.15) is 0 Å². The fourth-order valence-corrected chi connectivity index (χ4v) is 2.60. The van der Waals surface area contributed by atoms with E-state index in [0.717, 1.165) is 31.6 Å². The maximum absolute atomic E-state index is 13.2. The molecule has 1 aliphatic rings. The largest absolute Gasteiger partial charge is 0.488 e. The normalized spacial score (nSPS) is 19.4. The molecule has 2 N–H and O–H groups in total. The minimum Gasteiger partial charge on any atom is -0.423 e. The van der Waals surface area contributed by atoms with E-state index in [-0.39, 0.29) is 11.6 Å². The Morgan fingerprint density at radius 1 is 1.40 bits per heavy atom. The van der Waals surface area contributed by atoms with Crippen LogP contribution >= 0.6 is 0 Å². The zero-order chi connectivity index (χ0) is 14.5. The zero-order valence-corrected chi connectivity index (χ0v) is 11.8. The van der Waals surface area contributed by atoms with Crippen molar-refractivity contribution < 1.29 is 19.2 Å². The highest BCUT2D eigenvalue weighted by Crippen LogP contribution is 2.14. The molecule has 0 bridgehead atoms. The van der Waals surface area contributed by atoms with E-state index < -0.39 is 12.9 Å². The number of benzene rings is 1. The van der Waals surface area contributed by atoms with Gasteiger partial charge < -0.3 is 14.8 Å².